The van der Waals surface area contributed by atoms with E-state index in [4.69, 9.17) is 4.74 Å². The number of phenols is 1. The summed E-state index contributed by atoms with van der Waals surface area (Å²) in [6, 6.07) is 12.6. The molecule has 0 aliphatic carbocycles. The lowest BCUT2D eigenvalue weighted by atomic mass is 10.1. The zero-order valence-electron chi connectivity index (χ0n) is 12.2. The number of benzene rings is 2. The van der Waals surface area contributed by atoms with E-state index in [1.165, 1.54) is 24.8 Å². The zero-order valence-corrected chi connectivity index (χ0v) is 12.2. The van der Waals surface area contributed by atoms with Gasteiger partial charge in [-0.3, -0.25) is 4.79 Å². The molecule has 2 N–H and O–H groups in total. The molecule has 0 spiro atoms. The Morgan fingerprint density at radius 1 is 1.19 bits per heavy atom. The molecule has 21 heavy (non-hydrogen) atoms. The SMILES string of the molecule is CCc1ccccc1CNC(=O)c1cc(OC)ccc1O. The minimum absolute atomic E-state index is 0.0583. The summed E-state index contributed by atoms with van der Waals surface area (Å²) in [5, 5.41) is 12.6. The first-order chi connectivity index (χ1) is 10.2. The molecule has 110 valence electrons. The first-order valence-electron chi connectivity index (χ1n) is 6.87. The van der Waals surface area contributed by atoms with Crippen LogP contribution in [0.2, 0.25) is 0 Å². The summed E-state index contributed by atoms with van der Waals surface area (Å²) in [5.41, 5.74) is 2.49. The van der Waals surface area contributed by atoms with Crippen molar-refractivity contribution in [1.82, 2.24) is 5.32 Å². The van der Waals surface area contributed by atoms with Crippen LogP contribution in [0.15, 0.2) is 42.5 Å². The Morgan fingerprint density at radius 3 is 2.57 bits per heavy atom. The maximum absolute atomic E-state index is 12.2. The fourth-order valence-corrected chi connectivity index (χ4v) is 2.17. The maximum Gasteiger partial charge on any atom is 0.255 e. The van der Waals surface area contributed by atoms with Crippen LogP contribution in [0.1, 0.15) is 28.4 Å². The first kappa shape index (κ1) is 14.9. The molecular formula is C17H19NO3. The topological polar surface area (TPSA) is 58.6 Å². The first-order valence-corrected chi connectivity index (χ1v) is 6.87. The molecule has 0 heterocycles. The van der Waals surface area contributed by atoms with Crippen LogP contribution in [0, 0.1) is 0 Å². The predicted molar refractivity (Wildman–Crippen MR) is 81.6 cm³/mol. The van der Waals surface area contributed by atoms with E-state index in [0.717, 1.165) is 12.0 Å². The number of nitrogens with one attached hydrogen (secondary N) is 1. The smallest absolute Gasteiger partial charge is 0.255 e. The number of hydrogen-bond donors (Lipinski definition) is 2. The molecule has 0 radical (unpaired) electrons. The van der Waals surface area contributed by atoms with E-state index >= 15 is 0 Å². The summed E-state index contributed by atoms with van der Waals surface area (Å²) in [5.74, 6) is 0.154. The van der Waals surface area contributed by atoms with Gasteiger partial charge < -0.3 is 15.2 Å². The molecule has 0 saturated carbocycles. The van der Waals surface area contributed by atoms with Gasteiger partial charge in [-0.05, 0) is 35.7 Å². The molecule has 2 aromatic rings. The number of aryl methyl sites for hydroxylation is 1. The van der Waals surface area contributed by atoms with Crippen LogP contribution in [0.3, 0.4) is 0 Å². The second kappa shape index (κ2) is 6.79. The number of carbonyl (C=O) groups excluding carboxylic acids is 1. The van der Waals surface area contributed by atoms with Crippen molar-refractivity contribution in [3.8, 4) is 11.5 Å². The summed E-state index contributed by atoms with van der Waals surface area (Å²) in [6.45, 7) is 2.51. The number of hydrogen-bond acceptors (Lipinski definition) is 3. The Kier molecular flexibility index (Phi) is 4.82. The van der Waals surface area contributed by atoms with Gasteiger partial charge in [-0.15, -0.1) is 0 Å². The fourth-order valence-electron chi connectivity index (χ4n) is 2.17. The van der Waals surface area contributed by atoms with E-state index < -0.39 is 0 Å². The molecule has 2 aromatic carbocycles. The van der Waals surface area contributed by atoms with Crippen LogP contribution in [0.4, 0.5) is 0 Å². The highest BCUT2D eigenvalue weighted by atomic mass is 16.5. The number of phenolic OH excluding ortho intramolecular Hbond substituents is 1. The van der Waals surface area contributed by atoms with Gasteiger partial charge in [0.1, 0.15) is 11.5 Å². The quantitative estimate of drug-likeness (QED) is 0.888. The summed E-state index contributed by atoms with van der Waals surface area (Å²) < 4.78 is 5.07. The van der Waals surface area contributed by atoms with Gasteiger partial charge in [0.15, 0.2) is 0 Å². The van der Waals surface area contributed by atoms with Gasteiger partial charge in [0.05, 0.1) is 12.7 Å². The molecule has 0 aliphatic heterocycles. The predicted octanol–water partition coefficient (Wildman–Crippen LogP) is 2.89. The molecule has 0 unspecified atom stereocenters. The van der Waals surface area contributed by atoms with Crippen molar-refractivity contribution in [2.45, 2.75) is 19.9 Å². The van der Waals surface area contributed by atoms with E-state index in [-0.39, 0.29) is 17.2 Å². The molecular weight excluding hydrogens is 266 g/mol. The molecule has 4 heteroatoms. The van der Waals surface area contributed by atoms with Crippen LogP contribution in [0.5, 0.6) is 11.5 Å². The van der Waals surface area contributed by atoms with Crippen molar-refractivity contribution in [3.05, 3.63) is 59.2 Å². The molecule has 2 rings (SSSR count). The fraction of sp³-hybridized carbons (Fsp3) is 0.235. The number of ether oxygens (including phenoxy) is 1. The Balaban J connectivity index is 2.11. The average molecular weight is 285 g/mol. The van der Waals surface area contributed by atoms with Gasteiger partial charge in [0.25, 0.3) is 5.91 Å². The third kappa shape index (κ3) is 3.54. The third-order valence-corrected chi connectivity index (χ3v) is 3.39. The number of aromatic hydroxyl groups is 1. The van der Waals surface area contributed by atoms with Gasteiger partial charge in [0.2, 0.25) is 0 Å². The molecule has 0 saturated heterocycles. The third-order valence-electron chi connectivity index (χ3n) is 3.39. The zero-order chi connectivity index (χ0) is 15.2. The van der Waals surface area contributed by atoms with Crippen LogP contribution in [-0.4, -0.2) is 18.1 Å². The highest BCUT2D eigenvalue weighted by molar-refractivity contribution is 5.97. The van der Waals surface area contributed by atoms with Crippen LogP contribution < -0.4 is 10.1 Å². The highest BCUT2D eigenvalue weighted by Crippen LogP contribution is 2.22. The molecule has 1 amide bonds. The van der Waals surface area contributed by atoms with Crippen molar-refractivity contribution in [1.29, 1.82) is 0 Å². The number of carbonyl (C=O) groups is 1. The van der Waals surface area contributed by atoms with E-state index in [0.29, 0.717) is 12.3 Å². The molecule has 4 nitrogen and oxygen atoms in total. The lowest BCUT2D eigenvalue weighted by Gasteiger charge is -2.11. The van der Waals surface area contributed by atoms with Crippen molar-refractivity contribution in [2.75, 3.05) is 7.11 Å². The number of methoxy groups -OCH3 is 1. The minimum atomic E-state index is -0.322. The van der Waals surface area contributed by atoms with E-state index in [9.17, 15) is 9.90 Å². The summed E-state index contributed by atoms with van der Waals surface area (Å²) in [6.07, 6.45) is 0.913. The van der Waals surface area contributed by atoms with Gasteiger partial charge in [0, 0.05) is 6.54 Å². The largest absolute Gasteiger partial charge is 0.507 e. The summed E-state index contributed by atoms with van der Waals surface area (Å²) in [7, 11) is 1.52. The van der Waals surface area contributed by atoms with Gasteiger partial charge in [-0.25, -0.2) is 0 Å². The van der Waals surface area contributed by atoms with Crippen LogP contribution in [0.25, 0.3) is 0 Å². The van der Waals surface area contributed by atoms with Crippen molar-refractivity contribution in [2.24, 2.45) is 0 Å². The number of amides is 1. The van der Waals surface area contributed by atoms with Gasteiger partial charge >= 0.3 is 0 Å². The second-order valence-corrected chi connectivity index (χ2v) is 4.69. The molecule has 0 fully saturated rings. The normalized spacial score (nSPS) is 10.2. The molecule has 0 bridgehead atoms. The summed E-state index contributed by atoms with van der Waals surface area (Å²) in [4.78, 5) is 12.2. The van der Waals surface area contributed by atoms with E-state index in [2.05, 4.69) is 12.2 Å². The van der Waals surface area contributed by atoms with Crippen molar-refractivity contribution < 1.29 is 14.6 Å². The lowest BCUT2D eigenvalue weighted by Crippen LogP contribution is -2.23. The minimum Gasteiger partial charge on any atom is -0.507 e. The highest BCUT2D eigenvalue weighted by Gasteiger charge is 2.12. The Labute approximate surface area is 124 Å². The monoisotopic (exact) mass is 285 g/mol. The van der Waals surface area contributed by atoms with Crippen LogP contribution in [-0.2, 0) is 13.0 Å². The maximum atomic E-state index is 12.2. The second-order valence-electron chi connectivity index (χ2n) is 4.69. The van der Waals surface area contributed by atoms with Crippen LogP contribution >= 0.6 is 0 Å². The molecule has 0 atom stereocenters. The lowest BCUT2D eigenvalue weighted by molar-refractivity contribution is 0.0948. The van der Waals surface area contributed by atoms with E-state index in [1.54, 1.807) is 6.07 Å². The van der Waals surface area contributed by atoms with Crippen molar-refractivity contribution >= 4 is 5.91 Å². The molecule has 0 aliphatic rings. The Hall–Kier alpha value is -2.49. The van der Waals surface area contributed by atoms with Gasteiger partial charge in [-0.2, -0.15) is 0 Å². The average Bonchev–Trinajstić information content (AvgIpc) is 2.53. The van der Waals surface area contributed by atoms with Gasteiger partial charge in [-0.1, -0.05) is 31.2 Å². The Morgan fingerprint density at radius 2 is 1.90 bits per heavy atom. The van der Waals surface area contributed by atoms with Crippen molar-refractivity contribution in [3.63, 3.8) is 0 Å². The number of rotatable bonds is 5. The summed E-state index contributed by atoms with van der Waals surface area (Å²) >= 11 is 0. The molecule has 0 aromatic heterocycles. The Bertz CT molecular complexity index is 638. The van der Waals surface area contributed by atoms with E-state index in [1.807, 2.05) is 24.3 Å². The standard InChI is InChI=1S/C17H19NO3/c1-3-12-6-4-5-7-13(12)11-18-17(20)15-10-14(21-2)8-9-16(15)19/h4-10,19H,3,11H2,1-2H3,(H,18,20).